The molecule has 106 valence electrons. The SMILES string of the molecule is CCc1cccc(NC=C2C(=O)CC(C)(C)CC2=O)c1. The van der Waals surface area contributed by atoms with Crippen LogP contribution in [0.25, 0.3) is 0 Å². The average Bonchev–Trinajstić information content (AvgIpc) is 2.36. The number of carbonyl (C=O) groups excluding carboxylic acids is 2. The van der Waals surface area contributed by atoms with E-state index in [0.717, 1.165) is 12.1 Å². The Labute approximate surface area is 120 Å². The van der Waals surface area contributed by atoms with Crippen molar-refractivity contribution in [3.05, 3.63) is 41.6 Å². The molecule has 0 saturated heterocycles. The predicted molar refractivity (Wildman–Crippen MR) is 80.6 cm³/mol. The minimum atomic E-state index is -0.215. The summed E-state index contributed by atoms with van der Waals surface area (Å²) < 4.78 is 0. The van der Waals surface area contributed by atoms with Crippen LogP contribution in [0, 0.1) is 5.41 Å². The van der Waals surface area contributed by atoms with Crippen molar-refractivity contribution in [1.29, 1.82) is 0 Å². The summed E-state index contributed by atoms with van der Waals surface area (Å²) in [6.07, 6.45) is 3.38. The highest BCUT2D eigenvalue weighted by atomic mass is 16.1. The second-order valence-electron chi connectivity index (χ2n) is 6.12. The zero-order valence-corrected chi connectivity index (χ0v) is 12.3. The van der Waals surface area contributed by atoms with Crippen molar-refractivity contribution < 1.29 is 9.59 Å². The molecule has 1 aliphatic carbocycles. The summed E-state index contributed by atoms with van der Waals surface area (Å²) in [5.74, 6) is -0.129. The van der Waals surface area contributed by atoms with E-state index in [1.807, 2.05) is 32.0 Å². The highest BCUT2D eigenvalue weighted by Gasteiger charge is 2.35. The van der Waals surface area contributed by atoms with Crippen molar-refractivity contribution in [3.8, 4) is 0 Å². The molecule has 1 saturated carbocycles. The maximum atomic E-state index is 12.0. The number of benzene rings is 1. The standard InChI is InChI=1S/C17H21NO2/c1-4-12-6-5-7-13(8-12)18-11-14-15(19)9-17(2,3)10-16(14)20/h5-8,11,18H,4,9-10H2,1-3H3. The van der Waals surface area contributed by atoms with Gasteiger partial charge in [0.2, 0.25) is 0 Å². The van der Waals surface area contributed by atoms with Gasteiger partial charge in [-0.3, -0.25) is 9.59 Å². The quantitative estimate of drug-likeness (QED) is 0.676. The first-order valence-electron chi connectivity index (χ1n) is 7.03. The molecule has 2 rings (SSSR count). The molecule has 0 amide bonds. The lowest BCUT2D eigenvalue weighted by Gasteiger charge is -2.28. The number of nitrogens with one attached hydrogen (secondary N) is 1. The smallest absolute Gasteiger partial charge is 0.168 e. The van der Waals surface area contributed by atoms with E-state index in [1.54, 1.807) is 6.20 Å². The first-order chi connectivity index (χ1) is 9.41. The first-order valence-corrected chi connectivity index (χ1v) is 7.03. The Morgan fingerprint density at radius 2 is 1.85 bits per heavy atom. The highest BCUT2D eigenvalue weighted by Crippen LogP contribution is 2.33. The lowest BCUT2D eigenvalue weighted by Crippen LogP contribution is -2.31. The van der Waals surface area contributed by atoms with Crippen LogP contribution in [-0.4, -0.2) is 11.6 Å². The van der Waals surface area contributed by atoms with E-state index in [-0.39, 0.29) is 17.0 Å². The van der Waals surface area contributed by atoms with Gasteiger partial charge in [-0.1, -0.05) is 32.9 Å². The van der Waals surface area contributed by atoms with Crippen LogP contribution >= 0.6 is 0 Å². The second-order valence-corrected chi connectivity index (χ2v) is 6.12. The van der Waals surface area contributed by atoms with E-state index in [2.05, 4.69) is 18.3 Å². The number of hydrogen-bond donors (Lipinski definition) is 1. The Bertz CT molecular complexity index is 548. The molecular formula is C17H21NO2. The number of anilines is 1. The Morgan fingerprint density at radius 3 is 2.45 bits per heavy atom. The summed E-state index contributed by atoms with van der Waals surface area (Å²) in [6, 6.07) is 7.97. The van der Waals surface area contributed by atoms with E-state index >= 15 is 0 Å². The number of carbonyl (C=O) groups is 2. The topological polar surface area (TPSA) is 46.2 Å². The fourth-order valence-electron chi connectivity index (χ4n) is 2.48. The zero-order chi connectivity index (χ0) is 14.8. The average molecular weight is 271 g/mol. The fourth-order valence-corrected chi connectivity index (χ4v) is 2.48. The maximum absolute atomic E-state index is 12.0. The van der Waals surface area contributed by atoms with Crippen molar-refractivity contribution in [3.63, 3.8) is 0 Å². The fraction of sp³-hybridized carbons (Fsp3) is 0.412. The minimum absolute atomic E-state index is 0.0644. The zero-order valence-electron chi connectivity index (χ0n) is 12.3. The van der Waals surface area contributed by atoms with Gasteiger partial charge in [0.05, 0.1) is 5.57 Å². The molecule has 0 radical (unpaired) electrons. The minimum Gasteiger partial charge on any atom is -0.361 e. The Morgan fingerprint density at radius 1 is 1.20 bits per heavy atom. The van der Waals surface area contributed by atoms with Crippen LogP contribution in [0.3, 0.4) is 0 Å². The summed E-state index contributed by atoms with van der Waals surface area (Å²) in [4.78, 5) is 24.1. The lowest BCUT2D eigenvalue weighted by atomic mass is 9.74. The normalized spacial score (nSPS) is 18.1. The lowest BCUT2D eigenvalue weighted by molar-refractivity contribution is -0.127. The molecule has 1 aromatic rings. The van der Waals surface area contributed by atoms with Crippen LogP contribution in [0.4, 0.5) is 5.69 Å². The van der Waals surface area contributed by atoms with Gasteiger partial charge in [0.1, 0.15) is 0 Å². The second kappa shape index (κ2) is 5.61. The van der Waals surface area contributed by atoms with Gasteiger partial charge in [0.25, 0.3) is 0 Å². The molecule has 20 heavy (non-hydrogen) atoms. The summed E-state index contributed by atoms with van der Waals surface area (Å²) >= 11 is 0. The van der Waals surface area contributed by atoms with Gasteiger partial charge in [-0.15, -0.1) is 0 Å². The molecule has 0 atom stereocenters. The van der Waals surface area contributed by atoms with Gasteiger partial charge < -0.3 is 5.32 Å². The summed E-state index contributed by atoms with van der Waals surface area (Å²) in [7, 11) is 0. The number of allylic oxidation sites excluding steroid dienone is 1. The third kappa shape index (κ3) is 3.35. The molecule has 0 aliphatic heterocycles. The number of rotatable bonds is 3. The van der Waals surface area contributed by atoms with Crippen LogP contribution in [0.2, 0.25) is 0 Å². The molecule has 1 aromatic carbocycles. The summed E-state index contributed by atoms with van der Waals surface area (Å²) in [5.41, 5.74) is 2.21. The Balaban J connectivity index is 2.15. The molecule has 1 N–H and O–H groups in total. The Hall–Kier alpha value is -1.90. The van der Waals surface area contributed by atoms with Crippen LogP contribution < -0.4 is 5.32 Å². The molecule has 0 bridgehead atoms. The number of Topliss-reactive ketones (excluding diaryl/α,β-unsaturated/α-hetero) is 2. The van der Waals surface area contributed by atoms with Crippen LogP contribution in [0.15, 0.2) is 36.0 Å². The van der Waals surface area contributed by atoms with Gasteiger partial charge in [-0.25, -0.2) is 0 Å². The largest absolute Gasteiger partial charge is 0.361 e. The van der Waals surface area contributed by atoms with Crippen molar-refractivity contribution in [2.24, 2.45) is 5.41 Å². The third-order valence-electron chi connectivity index (χ3n) is 3.60. The summed E-state index contributed by atoms with van der Waals surface area (Å²) in [6.45, 7) is 6.00. The molecule has 0 spiro atoms. The predicted octanol–water partition coefficient (Wildman–Crippen LogP) is 3.50. The molecule has 1 aliphatic rings. The van der Waals surface area contributed by atoms with Gasteiger partial charge in [0, 0.05) is 24.7 Å². The van der Waals surface area contributed by atoms with Gasteiger partial charge >= 0.3 is 0 Å². The molecular weight excluding hydrogens is 250 g/mol. The molecule has 0 aromatic heterocycles. The number of hydrogen-bond acceptors (Lipinski definition) is 3. The van der Waals surface area contributed by atoms with Gasteiger partial charge in [0.15, 0.2) is 11.6 Å². The van der Waals surface area contributed by atoms with E-state index in [0.29, 0.717) is 18.4 Å². The van der Waals surface area contributed by atoms with Crippen molar-refractivity contribution in [2.45, 2.75) is 40.0 Å². The van der Waals surface area contributed by atoms with Gasteiger partial charge in [-0.2, -0.15) is 0 Å². The van der Waals surface area contributed by atoms with Gasteiger partial charge in [-0.05, 0) is 29.5 Å². The van der Waals surface area contributed by atoms with E-state index in [4.69, 9.17) is 0 Å². The van der Waals surface area contributed by atoms with Crippen molar-refractivity contribution in [2.75, 3.05) is 5.32 Å². The molecule has 0 heterocycles. The van der Waals surface area contributed by atoms with E-state index < -0.39 is 0 Å². The molecule has 0 unspecified atom stereocenters. The van der Waals surface area contributed by atoms with E-state index in [1.165, 1.54) is 5.56 Å². The molecule has 3 heteroatoms. The van der Waals surface area contributed by atoms with Crippen LogP contribution in [0.5, 0.6) is 0 Å². The Kier molecular flexibility index (Phi) is 4.07. The summed E-state index contributed by atoms with van der Waals surface area (Å²) in [5, 5.41) is 3.07. The van der Waals surface area contributed by atoms with E-state index in [9.17, 15) is 9.59 Å². The van der Waals surface area contributed by atoms with Crippen LogP contribution in [-0.2, 0) is 16.0 Å². The molecule has 3 nitrogen and oxygen atoms in total. The monoisotopic (exact) mass is 271 g/mol. The molecule has 1 fully saturated rings. The number of aryl methyl sites for hydroxylation is 1. The van der Waals surface area contributed by atoms with Crippen LogP contribution in [0.1, 0.15) is 39.2 Å². The number of ketones is 2. The maximum Gasteiger partial charge on any atom is 0.168 e. The highest BCUT2D eigenvalue weighted by molar-refractivity contribution is 6.22. The van der Waals surface area contributed by atoms with Crippen molar-refractivity contribution in [1.82, 2.24) is 0 Å². The first kappa shape index (κ1) is 14.5. The van der Waals surface area contributed by atoms with Crippen molar-refractivity contribution >= 4 is 17.3 Å². The third-order valence-corrected chi connectivity index (χ3v) is 3.60.